The fourth-order valence-corrected chi connectivity index (χ4v) is 2.80. The first kappa shape index (κ1) is 11.6. The molecule has 2 N–H and O–H groups in total. The van der Waals surface area contributed by atoms with Crippen LogP contribution in [0.15, 0.2) is 55.7 Å². The van der Waals surface area contributed by atoms with E-state index in [0.29, 0.717) is 10.9 Å². The SMILES string of the molecule is Nc1cnc(Sc2nc3ccccc3o2)c(Br)c1. The summed E-state index contributed by atoms with van der Waals surface area (Å²) in [5.74, 6) is 0. The first-order valence-corrected chi connectivity index (χ1v) is 6.78. The standard InChI is InChI=1S/C12H8BrN3OS/c13-8-5-7(14)6-15-11(8)18-12-16-9-3-1-2-4-10(9)17-12/h1-6H,14H2. The van der Waals surface area contributed by atoms with Crippen molar-refractivity contribution in [3.05, 3.63) is 41.0 Å². The number of halogens is 1. The van der Waals surface area contributed by atoms with Crippen LogP contribution in [0.5, 0.6) is 0 Å². The largest absolute Gasteiger partial charge is 0.431 e. The van der Waals surface area contributed by atoms with Crippen LogP contribution in [0.4, 0.5) is 5.69 Å². The van der Waals surface area contributed by atoms with E-state index in [0.717, 1.165) is 20.6 Å². The van der Waals surface area contributed by atoms with Crippen LogP contribution < -0.4 is 5.73 Å². The summed E-state index contributed by atoms with van der Waals surface area (Å²) in [6.07, 6.45) is 1.61. The Morgan fingerprint density at radius 2 is 2.11 bits per heavy atom. The van der Waals surface area contributed by atoms with Crippen molar-refractivity contribution in [1.82, 2.24) is 9.97 Å². The molecule has 0 saturated heterocycles. The number of aromatic nitrogens is 2. The van der Waals surface area contributed by atoms with Gasteiger partial charge in [0.1, 0.15) is 10.5 Å². The average Bonchev–Trinajstić information content (AvgIpc) is 2.75. The van der Waals surface area contributed by atoms with Crippen molar-refractivity contribution in [3.63, 3.8) is 0 Å². The third-order valence-corrected chi connectivity index (χ3v) is 4.02. The molecule has 0 unspecified atom stereocenters. The zero-order chi connectivity index (χ0) is 12.5. The summed E-state index contributed by atoms with van der Waals surface area (Å²) in [5, 5.41) is 1.34. The molecule has 0 aliphatic rings. The van der Waals surface area contributed by atoms with E-state index in [1.54, 1.807) is 12.3 Å². The second-order valence-corrected chi connectivity index (χ2v) is 5.40. The van der Waals surface area contributed by atoms with Crippen LogP contribution in [-0.2, 0) is 0 Å². The molecule has 1 aromatic carbocycles. The monoisotopic (exact) mass is 321 g/mol. The molecule has 3 aromatic rings. The summed E-state index contributed by atoms with van der Waals surface area (Å²) >= 11 is 4.77. The lowest BCUT2D eigenvalue weighted by atomic mass is 10.3. The van der Waals surface area contributed by atoms with Crippen molar-refractivity contribution < 1.29 is 4.42 Å². The minimum Gasteiger partial charge on any atom is -0.431 e. The maximum atomic E-state index is 5.64. The number of hydrogen-bond donors (Lipinski definition) is 1. The minimum atomic E-state index is 0.564. The fraction of sp³-hybridized carbons (Fsp3) is 0. The van der Waals surface area contributed by atoms with E-state index >= 15 is 0 Å². The van der Waals surface area contributed by atoms with Gasteiger partial charge >= 0.3 is 0 Å². The zero-order valence-electron chi connectivity index (χ0n) is 9.13. The Hall–Kier alpha value is -1.53. The summed E-state index contributed by atoms with van der Waals surface area (Å²) in [7, 11) is 0. The van der Waals surface area contributed by atoms with Gasteiger partial charge in [-0.15, -0.1) is 0 Å². The predicted octanol–water partition coefficient (Wildman–Crippen LogP) is 3.72. The molecule has 0 saturated carbocycles. The van der Waals surface area contributed by atoms with Gasteiger partial charge in [-0.1, -0.05) is 12.1 Å². The zero-order valence-corrected chi connectivity index (χ0v) is 11.5. The molecule has 0 amide bonds. The molecule has 2 aromatic heterocycles. The summed E-state index contributed by atoms with van der Waals surface area (Å²) in [4.78, 5) is 8.61. The molecule has 2 heterocycles. The summed E-state index contributed by atoms with van der Waals surface area (Å²) in [6, 6.07) is 9.44. The van der Waals surface area contributed by atoms with E-state index in [-0.39, 0.29) is 0 Å². The van der Waals surface area contributed by atoms with Gasteiger partial charge in [0.2, 0.25) is 0 Å². The maximum absolute atomic E-state index is 5.64. The molecule has 90 valence electrons. The number of oxazole rings is 1. The predicted molar refractivity (Wildman–Crippen MR) is 74.5 cm³/mol. The third kappa shape index (κ3) is 2.21. The molecule has 0 atom stereocenters. The quantitative estimate of drug-likeness (QED) is 0.779. The van der Waals surface area contributed by atoms with Crippen LogP contribution in [0.25, 0.3) is 11.1 Å². The topological polar surface area (TPSA) is 64.9 Å². The van der Waals surface area contributed by atoms with Gasteiger partial charge in [0.05, 0.1) is 16.4 Å². The molecule has 3 rings (SSSR count). The van der Waals surface area contributed by atoms with Gasteiger partial charge in [0.25, 0.3) is 5.22 Å². The van der Waals surface area contributed by atoms with Gasteiger partial charge < -0.3 is 10.2 Å². The number of pyridine rings is 1. The van der Waals surface area contributed by atoms with Crippen molar-refractivity contribution in [3.8, 4) is 0 Å². The number of benzene rings is 1. The van der Waals surface area contributed by atoms with Gasteiger partial charge in [-0.25, -0.2) is 9.97 Å². The summed E-state index contributed by atoms with van der Waals surface area (Å²) in [5.41, 5.74) is 7.87. The molecule has 18 heavy (non-hydrogen) atoms. The highest BCUT2D eigenvalue weighted by atomic mass is 79.9. The Labute approximate surface area is 116 Å². The second-order valence-electron chi connectivity index (χ2n) is 3.61. The van der Waals surface area contributed by atoms with Gasteiger partial charge in [-0.2, -0.15) is 0 Å². The molecule has 0 fully saturated rings. The van der Waals surface area contributed by atoms with Crippen LogP contribution in [-0.4, -0.2) is 9.97 Å². The van der Waals surface area contributed by atoms with Crippen molar-refractivity contribution >= 4 is 44.5 Å². The lowest BCUT2D eigenvalue weighted by Gasteiger charge is -2.00. The number of para-hydroxylation sites is 2. The minimum absolute atomic E-state index is 0.564. The van der Waals surface area contributed by atoms with Gasteiger partial charge in [0, 0.05) is 0 Å². The third-order valence-electron chi connectivity index (χ3n) is 2.29. The molecule has 4 nitrogen and oxygen atoms in total. The van der Waals surface area contributed by atoms with E-state index in [1.807, 2.05) is 24.3 Å². The van der Waals surface area contributed by atoms with Crippen molar-refractivity contribution in [1.29, 1.82) is 0 Å². The Balaban J connectivity index is 1.96. The van der Waals surface area contributed by atoms with Crippen LogP contribution in [0, 0.1) is 0 Å². The highest BCUT2D eigenvalue weighted by Gasteiger charge is 2.10. The molecule has 6 heteroatoms. The fourth-order valence-electron chi connectivity index (χ4n) is 1.49. The number of rotatable bonds is 2. The van der Waals surface area contributed by atoms with E-state index in [9.17, 15) is 0 Å². The first-order chi connectivity index (χ1) is 8.72. The van der Waals surface area contributed by atoms with E-state index in [4.69, 9.17) is 10.2 Å². The molecule has 0 aliphatic carbocycles. The van der Waals surface area contributed by atoms with Crippen molar-refractivity contribution in [2.75, 3.05) is 5.73 Å². The van der Waals surface area contributed by atoms with Crippen LogP contribution in [0.2, 0.25) is 0 Å². The lowest BCUT2D eigenvalue weighted by molar-refractivity contribution is 0.489. The molecule has 0 radical (unpaired) electrons. The number of hydrogen-bond acceptors (Lipinski definition) is 5. The highest BCUT2D eigenvalue weighted by Crippen LogP contribution is 2.33. The van der Waals surface area contributed by atoms with Gasteiger partial charge in [-0.05, 0) is 45.9 Å². The number of nitrogen functional groups attached to an aromatic ring is 1. The molecule has 0 bridgehead atoms. The summed E-state index contributed by atoms with van der Waals surface area (Å²) < 4.78 is 6.45. The molecular formula is C12H8BrN3OS. The van der Waals surface area contributed by atoms with Crippen LogP contribution in [0.3, 0.4) is 0 Å². The van der Waals surface area contributed by atoms with Crippen molar-refractivity contribution in [2.24, 2.45) is 0 Å². The maximum Gasteiger partial charge on any atom is 0.263 e. The normalized spacial score (nSPS) is 10.9. The Morgan fingerprint density at radius 1 is 1.28 bits per heavy atom. The highest BCUT2D eigenvalue weighted by molar-refractivity contribution is 9.10. The van der Waals surface area contributed by atoms with E-state index in [1.165, 1.54) is 11.8 Å². The van der Waals surface area contributed by atoms with Crippen molar-refractivity contribution in [2.45, 2.75) is 10.2 Å². The number of fused-ring (bicyclic) bond motifs is 1. The average molecular weight is 322 g/mol. The number of nitrogens with zero attached hydrogens (tertiary/aromatic N) is 2. The second kappa shape index (κ2) is 4.62. The molecule has 0 spiro atoms. The first-order valence-electron chi connectivity index (χ1n) is 5.17. The number of anilines is 1. The smallest absolute Gasteiger partial charge is 0.263 e. The molecular weight excluding hydrogens is 314 g/mol. The lowest BCUT2D eigenvalue weighted by Crippen LogP contribution is -1.88. The van der Waals surface area contributed by atoms with Crippen LogP contribution in [0.1, 0.15) is 0 Å². The van der Waals surface area contributed by atoms with E-state index in [2.05, 4.69) is 25.9 Å². The number of nitrogens with two attached hydrogens (primary N) is 1. The Bertz CT molecular complexity index is 680. The van der Waals surface area contributed by atoms with Crippen LogP contribution >= 0.6 is 27.7 Å². The Kier molecular flexibility index (Phi) is 2.97. The summed E-state index contributed by atoms with van der Waals surface area (Å²) in [6.45, 7) is 0. The molecule has 0 aliphatic heterocycles. The Morgan fingerprint density at radius 3 is 2.89 bits per heavy atom. The van der Waals surface area contributed by atoms with E-state index < -0.39 is 0 Å². The van der Waals surface area contributed by atoms with Gasteiger partial charge in [0.15, 0.2) is 5.58 Å². The van der Waals surface area contributed by atoms with Gasteiger partial charge in [-0.3, -0.25) is 0 Å².